The van der Waals surface area contributed by atoms with Crippen LogP contribution in [0.5, 0.6) is 0 Å². The van der Waals surface area contributed by atoms with E-state index in [4.69, 9.17) is 0 Å². The molecular formula is C22H26FN7O. The van der Waals surface area contributed by atoms with Crippen molar-refractivity contribution in [2.75, 3.05) is 11.9 Å². The Morgan fingerprint density at radius 1 is 1.32 bits per heavy atom. The van der Waals surface area contributed by atoms with Crippen LogP contribution in [-0.2, 0) is 0 Å². The number of aromatic nitrogens is 2. The van der Waals surface area contributed by atoms with Crippen molar-refractivity contribution < 1.29 is 9.18 Å². The molecule has 31 heavy (non-hydrogen) atoms. The lowest BCUT2D eigenvalue weighted by atomic mass is 9.64. The van der Waals surface area contributed by atoms with Crippen molar-refractivity contribution in [3.05, 3.63) is 54.4 Å². The third-order valence-electron chi connectivity index (χ3n) is 6.47. The predicted molar refractivity (Wildman–Crippen MR) is 115 cm³/mol. The maximum absolute atomic E-state index is 13.3. The van der Waals surface area contributed by atoms with E-state index in [1.807, 2.05) is 47.4 Å². The number of fused-ring (bicyclic) bond motifs is 2. The Morgan fingerprint density at radius 3 is 2.87 bits per heavy atom. The molecule has 0 saturated carbocycles. The van der Waals surface area contributed by atoms with Crippen LogP contribution in [0.1, 0.15) is 31.7 Å². The number of benzene rings is 1. The summed E-state index contributed by atoms with van der Waals surface area (Å²) >= 11 is 0. The Morgan fingerprint density at radius 2 is 2.13 bits per heavy atom. The van der Waals surface area contributed by atoms with E-state index in [9.17, 15) is 9.18 Å². The quantitative estimate of drug-likeness (QED) is 0.701. The number of carbonyl (C=O) groups is 1. The highest BCUT2D eigenvalue weighted by Gasteiger charge is 2.58. The number of nitrogens with one attached hydrogen (secondary N) is 3. The van der Waals surface area contributed by atoms with Gasteiger partial charge in [0.25, 0.3) is 0 Å². The molecule has 3 aliphatic heterocycles. The van der Waals surface area contributed by atoms with Crippen LogP contribution >= 0.6 is 0 Å². The summed E-state index contributed by atoms with van der Waals surface area (Å²) in [6.07, 6.45) is 9.11. The van der Waals surface area contributed by atoms with Crippen LogP contribution in [0.2, 0.25) is 0 Å². The molecule has 3 aliphatic rings. The average Bonchev–Trinajstić information content (AvgIpc) is 3.22. The zero-order chi connectivity index (χ0) is 21.6. The topological polar surface area (TPSA) is 85.4 Å². The molecule has 2 saturated heterocycles. The van der Waals surface area contributed by atoms with Crippen molar-refractivity contribution in [2.24, 2.45) is 5.92 Å². The molecule has 4 heterocycles. The Labute approximate surface area is 180 Å². The number of aryl methyl sites for hydroxylation is 1. The first-order chi connectivity index (χ1) is 14.9. The average molecular weight is 423 g/mol. The number of hydrazine groups is 2. The van der Waals surface area contributed by atoms with Crippen LogP contribution in [0.15, 0.2) is 43.0 Å². The third-order valence-corrected chi connectivity index (χ3v) is 6.47. The van der Waals surface area contributed by atoms with Gasteiger partial charge in [0, 0.05) is 29.7 Å². The highest BCUT2D eigenvalue weighted by Crippen LogP contribution is 2.50. The highest BCUT2D eigenvalue weighted by atomic mass is 19.1. The lowest BCUT2D eigenvalue weighted by molar-refractivity contribution is -0.104. The lowest BCUT2D eigenvalue weighted by Gasteiger charge is -2.64. The number of carbonyl (C=O) groups excluding carboxylic acids is 1. The van der Waals surface area contributed by atoms with Crippen molar-refractivity contribution in [2.45, 2.75) is 44.7 Å². The van der Waals surface area contributed by atoms with E-state index in [0.717, 1.165) is 49.3 Å². The van der Waals surface area contributed by atoms with Gasteiger partial charge in [0.2, 0.25) is 0 Å². The maximum atomic E-state index is 13.3. The van der Waals surface area contributed by atoms with E-state index >= 15 is 0 Å². The zero-order valence-corrected chi connectivity index (χ0v) is 17.6. The van der Waals surface area contributed by atoms with E-state index in [1.54, 1.807) is 0 Å². The molecule has 0 spiro atoms. The van der Waals surface area contributed by atoms with E-state index in [2.05, 4.69) is 33.2 Å². The summed E-state index contributed by atoms with van der Waals surface area (Å²) in [6.45, 7) is 4.93. The minimum Gasteiger partial charge on any atom is -0.314 e. The van der Waals surface area contributed by atoms with Crippen LogP contribution < -0.4 is 16.3 Å². The second-order valence-corrected chi connectivity index (χ2v) is 8.88. The van der Waals surface area contributed by atoms with Crippen LogP contribution in [-0.4, -0.2) is 44.0 Å². The lowest BCUT2D eigenvalue weighted by Crippen LogP contribution is -2.75. The van der Waals surface area contributed by atoms with Gasteiger partial charge in [-0.2, -0.15) is 0 Å². The molecule has 2 fully saturated rings. The minimum atomic E-state index is -0.479. The van der Waals surface area contributed by atoms with Gasteiger partial charge in [-0.25, -0.2) is 19.2 Å². The Bertz CT molecular complexity index is 1030. The van der Waals surface area contributed by atoms with Gasteiger partial charge in [-0.1, -0.05) is 13.0 Å². The maximum Gasteiger partial charge on any atom is 0.322 e. The molecule has 2 aromatic rings. The van der Waals surface area contributed by atoms with E-state index in [0.29, 0.717) is 17.4 Å². The first-order valence-corrected chi connectivity index (χ1v) is 10.6. The van der Waals surface area contributed by atoms with Crippen molar-refractivity contribution >= 4 is 11.7 Å². The molecule has 0 radical (unpaired) electrons. The largest absolute Gasteiger partial charge is 0.322 e. The molecule has 5 rings (SSSR count). The van der Waals surface area contributed by atoms with Gasteiger partial charge in [-0.05, 0) is 49.8 Å². The van der Waals surface area contributed by atoms with E-state index in [-0.39, 0.29) is 17.6 Å². The van der Waals surface area contributed by atoms with Crippen molar-refractivity contribution in [3.63, 3.8) is 0 Å². The summed E-state index contributed by atoms with van der Waals surface area (Å²) in [5.41, 5.74) is 8.25. The Hall–Kier alpha value is -3.20. The summed E-state index contributed by atoms with van der Waals surface area (Å²) in [5.74, 6) is 0.539. The second-order valence-electron chi connectivity index (χ2n) is 8.88. The fourth-order valence-corrected chi connectivity index (χ4v) is 5.33. The Balaban J connectivity index is 1.36. The second kappa shape index (κ2) is 7.49. The van der Waals surface area contributed by atoms with Crippen molar-refractivity contribution in [1.29, 1.82) is 0 Å². The predicted octanol–water partition coefficient (Wildman–Crippen LogP) is 3.16. The SMILES string of the molecule is Cc1ccc(NC(=O)N2[C@H]3C[C@@H](C)C[C@]2(CN2C=CNN2)C3)cc1-c1ncc(F)cn1. The molecule has 162 valence electrons. The molecule has 0 aliphatic carbocycles. The monoisotopic (exact) mass is 423 g/mol. The van der Waals surface area contributed by atoms with Gasteiger partial charge in [0.1, 0.15) is 0 Å². The van der Waals surface area contributed by atoms with Gasteiger partial charge in [-0.3, -0.25) is 5.01 Å². The number of piperidine rings is 1. The van der Waals surface area contributed by atoms with Crippen molar-refractivity contribution in [1.82, 2.24) is 30.8 Å². The number of hydrogen-bond acceptors (Lipinski definition) is 6. The first-order valence-electron chi connectivity index (χ1n) is 10.6. The number of urea groups is 1. The molecule has 2 amide bonds. The van der Waals surface area contributed by atoms with E-state index < -0.39 is 5.82 Å². The standard InChI is InChI=1S/C22H26FN7O/c1-14-7-18-10-22(9-14,13-29-6-5-26-28-29)30(18)21(31)27-17-4-3-15(2)19(8-17)20-24-11-16(23)12-25-20/h3-6,8,11-12,14,18,26,28H,7,9-10,13H2,1-2H3,(H,27,31)/t14-,18+,22-/m1/s1. The van der Waals surface area contributed by atoms with Gasteiger partial charge >= 0.3 is 6.03 Å². The molecule has 2 bridgehead atoms. The number of anilines is 1. The van der Waals surface area contributed by atoms with Gasteiger partial charge in [0.15, 0.2) is 11.6 Å². The molecular weight excluding hydrogens is 397 g/mol. The number of hydrogen-bond donors (Lipinski definition) is 3. The zero-order valence-electron chi connectivity index (χ0n) is 17.6. The summed E-state index contributed by atoms with van der Waals surface area (Å²) in [4.78, 5) is 23.5. The molecule has 9 heteroatoms. The molecule has 8 nitrogen and oxygen atoms in total. The molecule has 0 unspecified atom stereocenters. The fourth-order valence-electron chi connectivity index (χ4n) is 5.33. The number of nitrogens with zero attached hydrogens (tertiary/aromatic N) is 4. The fraction of sp³-hybridized carbons (Fsp3) is 0.409. The van der Waals surface area contributed by atoms with Gasteiger partial charge in [-0.15, -0.1) is 5.53 Å². The molecule has 1 aromatic heterocycles. The normalized spacial score (nSPS) is 26.4. The number of halogens is 1. The third kappa shape index (κ3) is 3.59. The summed E-state index contributed by atoms with van der Waals surface area (Å²) in [7, 11) is 0. The highest BCUT2D eigenvalue weighted by molar-refractivity contribution is 5.92. The number of rotatable bonds is 4. The first kappa shape index (κ1) is 19.7. The van der Waals surface area contributed by atoms with Crippen LogP contribution in [0.25, 0.3) is 11.4 Å². The summed E-state index contributed by atoms with van der Waals surface area (Å²) in [6, 6.07) is 5.81. The summed E-state index contributed by atoms with van der Waals surface area (Å²) in [5, 5.41) is 5.06. The smallest absolute Gasteiger partial charge is 0.314 e. The molecule has 1 aromatic carbocycles. The van der Waals surface area contributed by atoms with Crippen LogP contribution in [0.3, 0.4) is 0 Å². The van der Waals surface area contributed by atoms with Gasteiger partial charge in [0.05, 0.1) is 24.5 Å². The minimum absolute atomic E-state index is 0.0888. The van der Waals surface area contributed by atoms with Crippen LogP contribution in [0, 0.1) is 18.7 Å². The summed E-state index contributed by atoms with van der Waals surface area (Å²) < 4.78 is 13.2. The molecule has 3 atom stereocenters. The number of amides is 2. The van der Waals surface area contributed by atoms with Gasteiger partial charge < -0.3 is 15.6 Å². The Kier molecular flexibility index (Phi) is 4.77. The molecule has 3 N–H and O–H groups in total. The van der Waals surface area contributed by atoms with E-state index in [1.165, 1.54) is 0 Å². The van der Waals surface area contributed by atoms with Crippen LogP contribution in [0.4, 0.5) is 14.9 Å². The van der Waals surface area contributed by atoms with Crippen molar-refractivity contribution in [3.8, 4) is 11.4 Å².